The second-order valence-electron chi connectivity index (χ2n) is 6.57. The molecular formula is C15H24N2O4. The lowest BCUT2D eigenvalue weighted by molar-refractivity contribution is -0.158. The maximum atomic E-state index is 12.8. The van der Waals surface area contributed by atoms with E-state index in [9.17, 15) is 9.59 Å². The molecule has 0 spiro atoms. The second kappa shape index (κ2) is 5.93. The summed E-state index contributed by atoms with van der Waals surface area (Å²) in [5, 5.41) is 2.92. The van der Waals surface area contributed by atoms with Gasteiger partial charge >= 0.3 is 0 Å². The van der Waals surface area contributed by atoms with Gasteiger partial charge in [0.2, 0.25) is 11.8 Å². The highest BCUT2D eigenvalue weighted by molar-refractivity contribution is 5.97. The molecule has 2 saturated heterocycles. The third kappa shape index (κ3) is 3.06. The summed E-state index contributed by atoms with van der Waals surface area (Å²) in [6.45, 7) is 6.03. The van der Waals surface area contributed by atoms with E-state index < -0.39 is 6.04 Å². The summed E-state index contributed by atoms with van der Waals surface area (Å²) in [7, 11) is 0. The van der Waals surface area contributed by atoms with E-state index in [1.807, 2.05) is 13.8 Å². The number of hydrogen-bond donors (Lipinski definition) is 1. The van der Waals surface area contributed by atoms with Gasteiger partial charge in [-0.25, -0.2) is 0 Å². The molecule has 0 aromatic carbocycles. The van der Waals surface area contributed by atoms with E-state index >= 15 is 0 Å². The van der Waals surface area contributed by atoms with E-state index in [0.29, 0.717) is 32.3 Å². The van der Waals surface area contributed by atoms with Crippen molar-refractivity contribution < 1.29 is 19.1 Å². The highest BCUT2D eigenvalue weighted by atomic mass is 16.6. The Bertz CT molecular complexity index is 416. The van der Waals surface area contributed by atoms with Crippen molar-refractivity contribution >= 4 is 11.8 Å². The first-order chi connectivity index (χ1) is 10.1. The van der Waals surface area contributed by atoms with Crippen molar-refractivity contribution in [3.63, 3.8) is 0 Å². The molecule has 1 saturated carbocycles. The monoisotopic (exact) mass is 296 g/mol. The summed E-state index contributed by atoms with van der Waals surface area (Å²) in [5.41, 5.74) is 0. The largest absolute Gasteiger partial charge is 0.376 e. The predicted octanol–water partition coefficient (Wildman–Crippen LogP) is 0.163. The Balaban J connectivity index is 1.75. The minimum atomic E-state index is -0.405. The average Bonchev–Trinajstić information content (AvgIpc) is 3.27. The van der Waals surface area contributed by atoms with Crippen LogP contribution in [0.4, 0.5) is 0 Å². The molecule has 0 aromatic heterocycles. The van der Waals surface area contributed by atoms with Gasteiger partial charge in [0.15, 0.2) is 0 Å². The highest BCUT2D eigenvalue weighted by Crippen LogP contribution is 2.35. The molecule has 1 aliphatic carbocycles. The number of nitrogens with zero attached hydrogens (tertiary/aromatic N) is 1. The van der Waals surface area contributed by atoms with Gasteiger partial charge in [0.25, 0.3) is 0 Å². The van der Waals surface area contributed by atoms with Crippen molar-refractivity contribution in [2.45, 2.75) is 44.9 Å². The van der Waals surface area contributed by atoms with E-state index in [1.54, 1.807) is 4.90 Å². The molecule has 3 unspecified atom stereocenters. The second-order valence-corrected chi connectivity index (χ2v) is 6.57. The zero-order valence-electron chi connectivity index (χ0n) is 12.7. The molecule has 3 aliphatic rings. The van der Waals surface area contributed by atoms with Crippen LogP contribution >= 0.6 is 0 Å². The van der Waals surface area contributed by atoms with Crippen LogP contribution in [0.5, 0.6) is 0 Å². The first-order valence-electron chi connectivity index (χ1n) is 7.88. The lowest BCUT2D eigenvalue weighted by atomic mass is 9.95. The molecule has 2 aliphatic heterocycles. The van der Waals surface area contributed by atoms with Crippen molar-refractivity contribution in [3.8, 4) is 0 Å². The van der Waals surface area contributed by atoms with Crippen molar-refractivity contribution in [3.05, 3.63) is 0 Å². The van der Waals surface area contributed by atoms with E-state index in [0.717, 1.165) is 12.8 Å². The van der Waals surface area contributed by atoms with E-state index in [-0.39, 0.29) is 29.9 Å². The molecule has 6 nitrogen and oxygen atoms in total. The van der Waals surface area contributed by atoms with Crippen LogP contribution in [0.15, 0.2) is 0 Å². The van der Waals surface area contributed by atoms with Gasteiger partial charge in [-0.15, -0.1) is 0 Å². The molecule has 2 heterocycles. The van der Waals surface area contributed by atoms with Gasteiger partial charge in [-0.1, -0.05) is 13.8 Å². The molecule has 21 heavy (non-hydrogen) atoms. The van der Waals surface area contributed by atoms with Crippen molar-refractivity contribution in [1.82, 2.24) is 10.2 Å². The molecule has 0 radical (unpaired) electrons. The van der Waals surface area contributed by atoms with Crippen molar-refractivity contribution in [2.75, 3.05) is 26.4 Å². The van der Waals surface area contributed by atoms with E-state index in [1.165, 1.54) is 0 Å². The average molecular weight is 296 g/mol. The van der Waals surface area contributed by atoms with Gasteiger partial charge in [-0.05, 0) is 24.7 Å². The minimum absolute atomic E-state index is 0.0294. The fourth-order valence-electron chi connectivity index (χ4n) is 3.23. The molecule has 3 fully saturated rings. The van der Waals surface area contributed by atoms with Crippen molar-refractivity contribution in [1.29, 1.82) is 0 Å². The third-order valence-electron chi connectivity index (χ3n) is 4.46. The first kappa shape index (κ1) is 14.8. The highest BCUT2D eigenvalue weighted by Gasteiger charge is 2.48. The quantitative estimate of drug-likeness (QED) is 0.802. The Labute approximate surface area is 125 Å². The zero-order valence-corrected chi connectivity index (χ0v) is 12.7. The van der Waals surface area contributed by atoms with Gasteiger partial charge in [-0.2, -0.15) is 0 Å². The van der Waals surface area contributed by atoms with Crippen LogP contribution in [-0.4, -0.2) is 61.3 Å². The molecule has 2 amide bonds. The van der Waals surface area contributed by atoms with Gasteiger partial charge in [-0.3, -0.25) is 9.59 Å². The van der Waals surface area contributed by atoms with Crippen LogP contribution in [0.3, 0.4) is 0 Å². The van der Waals surface area contributed by atoms with Crippen molar-refractivity contribution in [2.24, 2.45) is 11.8 Å². The number of nitrogens with one attached hydrogen (secondary N) is 1. The fraction of sp³-hybridized carbons (Fsp3) is 0.867. The number of ether oxygens (including phenoxy) is 2. The summed E-state index contributed by atoms with van der Waals surface area (Å²) in [6, 6.07) is -0.741. The number of amides is 2. The third-order valence-corrected chi connectivity index (χ3v) is 4.46. The number of piperazine rings is 1. The van der Waals surface area contributed by atoms with Gasteiger partial charge < -0.3 is 19.7 Å². The molecular weight excluding hydrogens is 272 g/mol. The van der Waals surface area contributed by atoms with E-state index in [2.05, 4.69) is 5.32 Å². The zero-order chi connectivity index (χ0) is 15.0. The summed E-state index contributed by atoms with van der Waals surface area (Å²) < 4.78 is 11.1. The smallest absolute Gasteiger partial charge is 0.246 e. The summed E-state index contributed by atoms with van der Waals surface area (Å²) in [4.78, 5) is 26.9. The molecule has 0 bridgehead atoms. The molecule has 118 valence electrons. The normalized spacial score (nSPS) is 34.2. The van der Waals surface area contributed by atoms with Gasteiger partial charge in [0, 0.05) is 0 Å². The fourth-order valence-corrected chi connectivity index (χ4v) is 3.23. The number of carbonyl (C=O) groups is 2. The summed E-state index contributed by atoms with van der Waals surface area (Å²) in [6.07, 6.45) is 1.93. The standard InChI is InChI=1S/C15H24N2O4/c1-9(2)13-14(18)16-12(10-3-4-10)15(19)17(13)7-11-8-20-5-6-21-11/h9-13H,3-8H2,1-2H3,(H,16,18). The minimum Gasteiger partial charge on any atom is -0.376 e. The van der Waals surface area contributed by atoms with Crippen LogP contribution < -0.4 is 5.32 Å². The van der Waals surface area contributed by atoms with Crippen LogP contribution in [-0.2, 0) is 19.1 Å². The van der Waals surface area contributed by atoms with E-state index in [4.69, 9.17) is 9.47 Å². The number of carbonyl (C=O) groups excluding carboxylic acids is 2. The molecule has 3 atom stereocenters. The Morgan fingerprint density at radius 3 is 2.62 bits per heavy atom. The van der Waals surface area contributed by atoms with Crippen LogP contribution in [0, 0.1) is 11.8 Å². The Hall–Kier alpha value is -1.14. The van der Waals surface area contributed by atoms with Gasteiger partial charge in [0.1, 0.15) is 12.1 Å². The topological polar surface area (TPSA) is 67.9 Å². The predicted molar refractivity (Wildman–Crippen MR) is 75.6 cm³/mol. The maximum Gasteiger partial charge on any atom is 0.246 e. The Morgan fingerprint density at radius 1 is 1.29 bits per heavy atom. The molecule has 0 aromatic rings. The first-order valence-corrected chi connectivity index (χ1v) is 7.88. The summed E-state index contributed by atoms with van der Waals surface area (Å²) >= 11 is 0. The van der Waals surface area contributed by atoms with Gasteiger partial charge in [0.05, 0.1) is 32.5 Å². The molecule has 1 N–H and O–H groups in total. The lowest BCUT2D eigenvalue weighted by Gasteiger charge is -2.42. The summed E-state index contributed by atoms with van der Waals surface area (Å²) in [5.74, 6) is 0.419. The Morgan fingerprint density at radius 2 is 2.05 bits per heavy atom. The molecule has 3 rings (SSSR count). The maximum absolute atomic E-state index is 12.8. The van der Waals surface area contributed by atoms with Crippen LogP contribution in [0.2, 0.25) is 0 Å². The lowest BCUT2D eigenvalue weighted by Crippen LogP contribution is -2.66. The van der Waals surface area contributed by atoms with Crippen LogP contribution in [0.25, 0.3) is 0 Å². The molecule has 6 heteroatoms. The number of hydrogen-bond acceptors (Lipinski definition) is 4. The Kier molecular flexibility index (Phi) is 4.17. The van der Waals surface area contributed by atoms with Crippen LogP contribution in [0.1, 0.15) is 26.7 Å². The number of rotatable bonds is 4. The SMILES string of the molecule is CC(C)C1C(=O)NC(C2CC2)C(=O)N1CC1COCCO1.